The van der Waals surface area contributed by atoms with Crippen LogP contribution in [0.2, 0.25) is 0 Å². The molecule has 98 valence electrons. The minimum Gasteiger partial charge on any atom is -0.481 e. The summed E-state index contributed by atoms with van der Waals surface area (Å²) in [7, 11) is -3.55. The molecule has 0 spiro atoms. The Kier molecular flexibility index (Phi) is 5.19. The molecule has 0 saturated heterocycles. The van der Waals surface area contributed by atoms with E-state index in [2.05, 4.69) is 0 Å². The summed E-state index contributed by atoms with van der Waals surface area (Å²) in [6, 6.07) is 5.62. The highest BCUT2D eigenvalue weighted by molar-refractivity contribution is 7.91. The largest absolute Gasteiger partial charge is 0.481 e. The summed E-state index contributed by atoms with van der Waals surface area (Å²) in [5, 5.41) is 8.61. The summed E-state index contributed by atoms with van der Waals surface area (Å²) < 4.78 is 23.7. The molecule has 0 unspecified atom stereocenters. The third-order valence-electron chi connectivity index (χ3n) is 2.08. The predicted molar refractivity (Wildman–Crippen MR) is 69.6 cm³/mol. The molecule has 1 aromatic rings. The summed E-state index contributed by atoms with van der Waals surface area (Å²) in [4.78, 5) is 10.6. The lowest BCUT2D eigenvalue weighted by molar-refractivity contribution is -0.136. The zero-order chi connectivity index (χ0) is 13.8. The Morgan fingerprint density at radius 2 is 1.83 bits per heavy atom. The van der Waals surface area contributed by atoms with Crippen molar-refractivity contribution < 1.29 is 18.3 Å². The number of carboxylic acids is 1. The Morgan fingerprint density at radius 1 is 1.28 bits per heavy atom. The van der Waals surface area contributed by atoms with E-state index in [9.17, 15) is 13.2 Å². The number of halogens is 2. The highest BCUT2D eigenvalue weighted by Gasteiger charge is 2.16. The molecule has 0 heterocycles. The summed E-state index contributed by atoms with van der Waals surface area (Å²) in [5.41, 5.74) is 1.53. The first-order chi connectivity index (χ1) is 8.35. The summed E-state index contributed by atoms with van der Waals surface area (Å²) in [6.07, 6.45) is -0.150. The lowest BCUT2D eigenvalue weighted by Gasteiger charge is -2.04. The molecule has 7 heteroatoms. The van der Waals surface area contributed by atoms with E-state index in [-0.39, 0.29) is 22.1 Å². The number of carboxylic acid groups (broad SMARTS) is 1. The molecule has 0 fully saturated rings. The maximum Gasteiger partial charge on any atom is 0.307 e. The van der Waals surface area contributed by atoms with Gasteiger partial charge in [0.05, 0.1) is 17.1 Å². The second-order valence-corrected chi connectivity index (χ2v) is 6.22. The standard InChI is InChI=1S/C11H10Cl2O4S/c12-6-9(13)7-18(16,17)10-3-1-8(2-4-10)5-11(14)15/h1-4,6H,5,7H2,(H,14,15). The Bertz CT molecular complexity index is 561. The van der Waals surface area contributed by atoms with Crippen molar-refractivity contribution >= 4 is 39.0 Å². The van der Waals surface area contributed by atoms with Gasteiger partial charge in [-0.1, -0.05) is 35.3 Å². The molecule has 0 aliphatic heterocycles. The fourth-order valence-electron chi connectivity index (χ4n) is 1.29. The minimum absolute atomic E-state index is 0.0197. The van der Waals surface area contributed by atoms with Gasteiger partial charge in [0.2, 0.25) is 0 Å². The molecule has 0 atom stereocenters. The number of aliphatic carboxylic acids is 1. The highest BCUT2D eigenvalue weighted by atomic mass is 35.5. The van der Waals surface area contributed by atoms with Crippen LogP contribution >= 0.6 is 23.2 Å². The molecule has 0 aliphatic carbocycles. The number of carbonyl (C=O) groups is 1. The van der Waals surface area contributed by atoms with Crippen LogP contribution in [0, 0.1) is 0 Å². The molecule has 0 amide bonds. The van der Waals surface area contributed by atoms with Gasteiger partial charge in [0.25, 0.3) is 0 Å². The smallest absolute Gasteiger partial charge is 0.307 e. The third-order valence-corrected chi connectivity index (χ3v) is 4.54. The molecule has 1 rings (SSSR count). The summed E-state index contributed by atoms with van der Waals surface area (Å²) in [6.45, 7) is 0. The van der Waals surface area contributed by atoms with Crippen molar-refractivity contribution in [2.75, 3.05) is 5.75 Å². The van der Waals surface area contributed by atoms with Crippen molar-refractivity contribution in [1.29, 1.82) is 0 Å². The third kappa shape index (κ3) is 4.33. The highest BCUT2D eigenvalue weighted by Crippen LogP contribution is 2.17. The van der Waals surface area contributed by atoms with E-state index in [1.807, 2.05) is 0 Å². The Labute approximate surface area is 115 Å². The molecule has 0 saturated carbocycles. The van der Waals surface area contributed by atoms with Crippen LogP contribution in [0.1, 0.15) is 5.56 Å². The number of hydrogen-bond acceptors (Lipinski definition) is 3. The second-order valence-electron chi connectivity index (χ2n) is 3.53. The molecular formula is C11H10Cl2O4S. The Morgan fingerprint density at radius 3 is 2.28 bits per heavy atom. The van der Waals surface area contributed by atoms with Crippen molar-refractivity contribution in [1.82, 2.24) is 0 Å². The van der Waals surface area contributed by atoms with Crippen LogP contribution in [-0.2, 0) is 21.1 Å². The lowest BCUT2D eigenvalue weighted by atomic mass is 10.2. The molecule has 1 aromatic carbocycles. The van der Waals surface area contributed by atoms with Crippen LogP contribution in [0.15, 0.2) is 39.7 Å². The van der Waals surface area contributed by atoms with Crippen LogP contribution in [0.5, 0.6) is 0 Å². The van der Waals surface area contributed by atoms with Gasteiger partial charge in [-0.25, -0.2) is 8.42 Å². The van der Waals surface area contributed by atoms with Gasteiger partial charge in [0.1, 0.15) is 0 Å². The predicted octanol–water partition coefficient (Wildman–Crippen LogP) is 2.41. The molecule has 0 radical (unpaired) electrons. The molecule has 4 nitrogen and oxygen atoms in total. The van der Waals surface area contributed by atoms with Crippen LogP contribution in [0.3, 0.4) is 0 Å². The average Bonchev–Trinajstić information content (AvgIpc) is 2.28. The monoisotopic (exact) mass is 308 g/mol. The molecule has 0 aromatic heterocycles. The Hall–Kier alpha value is -1.04. The number of hydrogen-bond donors (Lipinski definition) is 1. The van der Waals surface area contributed by atoms with Gasteiger partial charge in [0, 0.05) is 10.6 Å². The van der Waals surface area contributed by atoms with E-state index < -0.39 is 15.8 Å². The van der Waals surface area contributed by atoms with Crippen molar-refractivity contribution in [2.45, 2.75) is 11.3 Å². The lowest BCUT2D eigenvalue weighted by Crippen LogP contribution is -2.07. The van der Waals surface area contributed by atoms with Crippen molar-refractivity contribution in [3.05, 3.63) is 40.4 Å². The molecule has 1 N–H and O–H groups in total. The summed E-state index contributed by atoms with van der Waals surface area (Å²) in [5.74, 6) is -1.35. The van der Waals surface area contributed by atoms with Gasteiger partial charge in [-0.3, -0.25) is 4.79 Å². The van der Waals surface area contributed by atoms with Crippen molar-refractivity contribution in [3.63, 3.8) is 0 Å². The maximum atomic E-state index is 11.8. The molecule has 0 bridgehead atoms. The average molecular weight is 309 g/mol. The van der Waals surface area contributed by atoms with Crippen LogP contribution in [0.25, 0.3) is 0 Å². The van der Waals surface area contributed by atoms with Crippen LogP contribution in [0.4, 0.5) is 0 Å². The van der Waals surface area contributed by atoms with Crippen molar-refractivity contribution in [3.8, 4) is 0 Å². The number of sulfone groups is 1. The van der Waals surface area contributed by atoms with E-state index in [4.69, 9.17) is 28.3 Å². The first-order valence-electron chi connectivity index (χ1n) is 4.83. The van der Waals surface area contributed by atoms with Gasteiger partial charge < -0.3 is 5.11 Å². The van der Waals surface area contributed by atoms with Gasteiger partial charge in [-0.15, -0.1) is 0 Å². The van der Waals surface area contributed by atoms with Gasteiger partial charge in [0.15, 0.2) is 9.84 Å². The minimum atomic E-state index is -3.55. The van der Waals surface area contributed by atoms with E-state index in [1.54, 1.807) is 0 Å². The quantitative estimate of drug-likeness (QED) is 0.906. The molecule has 0 aliphatic rings. The van der Waals surface area contributed by atoms with Crippen LogP contribution in [-0.4, -0.2) is 25.2 Å². The first-order valence-corrected chi connectivity index (χ1v) is 7.30. The maximum absolute atomic E-state index is 11.8. The first kappa shape index (κ1) is 15.0. The van der Waals surface area contributed by atoms with Gasteiger partial charge in [-0.05, 0) is 17.7 Å². The summed E-state index contributed by atoms with van der Waals surface area (Å²) >= 11 is 10.9. The van der Waals surface area contributed by atoms with E-state index in [0.717, 1.165) is 5.54 Å². The SMILES string of the molecule is O=C(O)Cc1ccc(S(=O)(=O)CC(Cl)=CCl)cc1. The van der Waals surface area contributed by atoms with E-state index in [0.29, 0.717) is 5.56 Å². The zero-order valence-electron chi connectivity index (χ0n) is 9.14. The molecular weight excluding hydrogens is 299 g/mol. The fourth-order valence-corrected chi connectivity index (χ4v) is 3.05. The topological polar surface area (TPSA) is 71.4 Å². The number of rotatable bonds is 5. The van der Waals surface area contributed by atoms with Crippen molar-refractivity contribution in [2.24, 2.45) is 0 Å². The van der Waals surface area contributed by atoms with Gasteiger partial charge >= 0.3 is 5.97 Å². The normalized spacial score (nSPS) is 12.4. The molecule has 18 heavy (non-hydrogen) atoms. The number of benzene rings is 1. The zero-order valence-corrected chi connectivity index (χ0v) is 11.5. The fraction of sp³-hybridized carbons (Fsp3) is 0.182. The van der Waals surface area contributed by atoms with Gasteiger partial charge in [-0.2, -0.15) is 0 Å². The van der Waals surface area contributed by atoms with E-state index in [1.165, 1.54) is 24.3 Å². The van der Waals surface area contributed by atoms with Crippen LogP contribution < -0.4 is 0 Å². The Balaban J connectivity index is 2.94. The second kappa shape index (κ2) is 6.22. The van der Waals surface area contributed by atoms with E-state index >= 15 is 0 Å².